The van der Waals surface area contributed by atoms with Crippen molar-refractivity contribution in [2.75, 3.05) is 16.8 Å². The lowest BCUT2D eigenvalue weighted by molar-refractivity contribution is -0.139. The summed E-state index contributed by atoms with van der Waals surface area (Å²) in [7, 11) is 0. The molecule has 3 amide bonds. The SMILES string of the molecule is NC(=O)Nc1sc(-c2ccc(N(CC[C@H](NC3CCCC3)C(=O)O)Cc3ccccc3)cc2)cc1C(N)=O. The van der Waals surface area contributed by atoms with Gasteiger partial charge in [-0.2, -0.15) is 0 Å². The fraction of sp³-hybridized carbons (Fsp3) is 0.321. The number of primary amides is 2. The maximum Gasteiger partial charge on any atom is 0.320 e. The number of nitrogens with two attached hydrogens (primary N) is 2. The molecule has 1 atom stereocenters. The van der Waals surface area contributed by atoms with Gasteiger partial charge in [0, 0.05) is 29.7 Å². The second kappa shape index (κ2) is 12.6. The second-order valence-electron chi connectivity index (χ2n) is 9.49. The van der Waals surface area contributed by atoms with E-state index < -0.39 is 23.9 Å². The zero-order valence-electron chi connectivity index (χ0n) is 21.1. The third-order valence-electron chi connectivity index (χ3n) is 6.75. The Hall–Kier alpha value is -3.89. The van der Waals surface area contributed by atoms with Crippen LogP contribution in [0.15, 0.2) is 60.7 Å². The van der Waals surface area contributed by atoms with Crippen molar-refractivity contribution < 1.29 is 19.5 Å². The van der Waals surface area contributed by atoms with E-state index >= 15 is 0 Å². The molecule has 0 radical (unpaired) electrons. The van der Waals surface area contributed by atoms with Crippen LogP contribution in [0, 0.1) is 0 Å². The van der Waals surface area contributed by atoms with Gasteiger partial charge in [-0.15, -0.1) is 11.3 Å². The highest BCUT2D eigenvalue weighted by Gasteiger charge is 2.24. The Morgan fingerprint density at radius 3 is 2.32 bits per heavy atom. The number of carbonyl (C=O) groups excluding carboxylic acids is 2. The number of amides is 3. The normalized spacial score (nSPS) is 14.2. The van der Waals surface area contributed by atoms with Gasteiger partial charge in [0.2, 0.25) is 0 Å². The molecule has 1 saturated carbocycles. The molecule has 0 spiro atoms. The van der Waals surface area contributed by atoms with Crippen molar-refractivity contribution in [1.29, 1.82) is 0 Å². The van der Waals surface area contributed by atoms with Gasteiger partial charge in [-0.25, -0.2) is 4.79 Å². The number of hydrogen-bond donors (Lipinski definition) is 5. The Labute approximate surface area is 225 Å². The minimum absolute atomic E-state index is 0.202. The molecule has 1 fully saturated rings. The summed E-state index contributed by atoms with van der Waals surface area (Å²) in [6.07, 6.45) is 4.80. The average Bonchev–Trinajstić information content (AvgIpc) is 3.56. The quantitative estimate of drug-likeness (QED) is 0.232. The number of rotatable bonds is 12. The number of nitrogens with zero attached hydrogens (tertiary/aromatic N) is 1. The van der Waals surface area contributed by atoms with Gasteiger partial charge < -0.3 is 26.8 Å². The van der Waals surface area contributed by atoms with E-state index in [1.165, 1.54) is 11.3 Å². The lowest BCUT2D eigenvalue weighted by Gasteiger charge is -2.28. The van der Waals surface area contributed by atoms with Crippen LogP contribution in [0.25, 0.3) is 10.4 Å². The smallest absolute Gasteiger partial charge is 0.320 e. The zero-order valence-corrected chi connectivity index (χ0v) is 21.9. The summed E-state index contributed by atoms with van der Waals surface area (Å²) in [5, 5.41) is 16.0. The number of carboxylic acids is 1. The van der Waals surface area contributed by atoms with Gasteiger partial charge in [-0.3, -0.25) is 14.9 Å². The molecule has 200 valence electrons. The predicted octanol–water partition coefficient (Wildman–Crippen LogP) is 4.39. The van der Waals surface area contributed by atoms with Crippen molar-refractivity contribution in [3.05, 3.63) is 71.8 Å². The largest absolute Gasteiger partial charge is 0.480 e. The van der Waals surface area contributed by atoms with E-state index in [0.29, 0.717) is 24.5 Å². The Kier molecular flexibility index (Phi) is 8.98. The van der Waals surface area contributed by atoms with Crippen LogP contribution >= 0.6 is 11.3 Å². The van der Waals surface area contributed by atoms with E-state index in [1.54, 1.807) is 6.07 Å². The number of anilines is 2. The van der Waals surface area contributed by atoms with Crippen molar-refractivity contribution in [3.63, 3.8) is 0 Å². The van der Waals surface area contributed by atoms with E-state index in [0.717, 1.165) is 47.4 Å². The maximum atomic E-state index is 12.0. The molecule has 9 nitrogen and oxygen atoms in total. The topological polar surface area (TPSA) is 151 Å². The average molecular weight is 536 g/mol. The first kappa shape index (κ1) is 27.2. The van der Waals surface area contributed by atoms with Crippen LogP contribution in [0.5, 0.6) is 0 Å². The van der Waals surface area contributed by atoms with Crippen LogP contribution in [-0.4, -0.2) is 41.6 Å². The molecule has 38 heavy (non-hydrogen) atoms. The van der Waals surface area contributed by atoms with Crippen LogP contribution in [0.3, 0.4) is 0 Å². The Balaban J connectivity index is 1.54. The molecule has 0 bridgehead atoms. The van der Waals surface area contributed by atoms with Gasteiger partial charge in [-0.1, -0.05) is 55.3 Å². The Morgan fingerprint density at radius 1 is 1.03 bits per heavy atom. The van der Waals surface area contributed by atoms with E-state index in [4.69, 9.17) is 11.5 Å². The van der Waals surface area contributed by atoms with E-state index in [2.05, 4.69) is 27.7 Å². The molecular weight excluding hydrogens is 502 g/mol. The zero-order chi connectivity index (χ0) is 27.1. The highest BCUT2D eigenvalue weighted by Crippen LogP contribution is 2.36. The van der Waals surface area contributed by atoms with E-state index in [-0.39, 0.29) is 11.6 Å². The molecule has 1 aliphatic rings. The van der Waals surface area contributed by atoms with Gasteiger partial charge in [-0.05, 0) is 48.6 Å². The Morgan fingerprint density at radius 2 is 1.71 bits per heavy atom. The van der Waals surface area contributed by atoms with E-state index in [9.17, 15) is 19.5 Å². The van der Waals surface area contributed by atoms with Crippen molar-refractivity contribution in [2.24, 2.45) is 11.5 Å². The van der Waals surface area contributed by atoms with Crippen molar-refractivity contribution in [3.8, 4) is 10.4 Å². The van der Waals surface area contributed by atoms with Crippen molar-refractivity contribution >= 4 is 39.9 Å². The first-order valence-corrected chi connectivity index (χ1v) is 13.5. The molecule has 1 aromatic heterocycles. The molecule has 1 heterocycles. The molecule has 2 aromatic carbocycles. The summed E-state index contributed by atoms with van der Waals surface area (Å²) < 4.78 is 0. The summed E-state index contributed by atoms with van der Waals surface area (Å²) >= 11 is 1.22. The Bertz CT molecular complexity index is 1260. The van der Waals surface area contributed by atoms with Crippen LogP contribution in [0.4, 0.5) is 15.5 Å². The number of benzene rings is 2. The summed E-state index contributed by atoms with van der Waals surface area (Å²) in [5.41, 5.74) is 13.8. The van der Waals surface area contributed by atoms with Crippen LogP contribution in [-0.2, 0) is 11.3 Å². The minimum Gasteiger partial charge on any atom is -0.480 e. The summed E-state index contributed by atoms with van der Waals surface area (Å²) in [5.74, 6) is -1.48. The van der Waals surface area contributed by atoms with Crippen molar-refractivity contribution in [2.45, 2.75) is 50.7 Å². The molecule has 0 saturated heterocycles. The fourth-order valence-electron chi connectivity index (χ4n) is 4.80. The molecule has 0 unspecified atom stereocenters. The predicted molar refractivity (Wildman–Crippen MR) is 150 cm³/mol. The lowest BCUT2D eigenvalue weighted by atomic mass is 10.1. The number of thiophene rings is 1. The lowest BCUT2D eigenvalue weighted by Crippen LogP contribution is -2.44. The number of carbonyl (C=O) groups is 3. The monoisotopic (exact) mass is 535 g/mol. The van der Waals surface area contributed by atoms with Crippen LogP contribution < -0.4 is 27.0 Å². The first-order chi connectivity index (χ1) is 18.3. The maximum absolute atomic E-state index is 12.0. The summed E-state index contributed by atoms with van der Waals surface area (Å²) in [6, 6.07) is 18.4. The molecular formula is C28H33N5O4S. The summed E-state index contributed by atoms with van der Waals surface area (Å²) in [6.45, 7) is 1.19. The number of nitrogens with one attached hydrogen (secondary N) is 2. The standard InChI is InChI=1S/C28H33N5O4S/c29-25(34)22-16-24(38-26(22)32-28(30)37)19-10-12-21(13-11-19)33(17-18-6-2-1-3-7-18)15-14-23(27(35)36)31-20-8-4-5-9-20/h1-3,6-7,10-13,16,20,23,31H,4-5,8-9,14-15,17H2,(H2,29,34)(H,35,36)(H3,30,32,37)/t23-/m0/s1. The second-order valence-corrected chi connectivity index (χ2v) is 10.5. The highest BCUT2D eigenvalue weighted by molar-refractivity contribution is 7.20. The summed E-state index contributed by atoms with van der Waals surface area (Å²) in [4.78, 5) is 38.1. The van der Waals surface area contributed by atoms with Gasteiger partial charge in [0.25, 0.3) is 5.91 Å². The van der Waals surface area contributed by atoms with Crippen LogP contribution in [0.2, 0.25) is 0 Å². The first-order valence-electron chi connectivity index (χ1n) is 12.7. The number of carboxylic acid groups (broad SMARTS) is 1. The third-order valence-corrected chi connectivity index (χ3v) is 7.84. The number of aliphatic carboxylic acids is 1. The molecule has 3 aromatic rings. The molecule has 1 aliphatic carbocycles. The number of hydrogen-bond acceptors (Lipinski definition) is 6. The number of urea groups is 1. The highest BCUT2D eigenvalue weighted by atomic mass is 32.1. The van der Waals surface area contributed by atoms with Crippen molar-refractivity contribution in [1.82, 2.24) is 5.32 Å². The fourth-order valence-corrected chi connectivity index (χ4v) is 5.87. The molecule has 0 aliphatic heterocycles. The van der Waals surface area contributed by atoms with E-state index in [1.807, 2.05) is 42.5 Å². The third kappa shape index (κ3) is 7.11. The van der Waals surface area contributed by atoms with Crippen LogP contribution in [0.1, 0.15) is 48.0 Å². The molecule has 7 N–H and O–H groups in total. The van der Waals surface area contributed by atoms with Gasteiger partial charge in [0.05, 0.1) is 5.56 Å². The van der Waals surface area contributed by atoms with Gasteiger partial charge in [0.1, 0.15) is 11.0 Å². The van der Waals surface area contributed by atoms with Gasteiger partial charge >= 0.3 is 12.0 Å². The molecule has 10 heteroatoms. The minimum atomic E-state index is -0.824. The molecule has 4 rings (SSSR count). The van der Waals surface area contributed by atoms with Gasteiger partial charge in [0.15, 0.2) is 0 Å².